The van der Waals surface area contributed by atoms with E-state index in [4.69, 9.17) is 13.9 Å². The molecule has 10 heteroatoms. The zero-order chi connectivity index (χ0) is 25.3. The van der Waals surface area contributed by atoms with Gasteiger partial charge >= 0.3 is 6.18 Å². The van der Waals surface area contributed by atoms with E-state index in [1.807, 2.05) is 6.92 Å². The Labute approximate surface area is 196 Å². The summed E-state index contributed by atoms with van der Waals surface area (Å²) in [6, 6.07) is 4.44. The van der Waals surface area contributed by atoms with Crippen molar-refractivity contribution in [2.45, 2.75) is 63.0 Å². The predicted octanol–water partition coefficient (Wildman–Crippen LogP) is 6.49. The number of hydrogen-bond acceptors (Lipinski definition) is 4. The fourth-order valence-corrected chi connectivity index (χ4v) is 4.80. The molecule has 4 nitrogen and oxygen atoms in total. The van der Waals surface area contributed by atoms with Crippen LogP contribution in [0.5, 0.6) is 5.75 Å². The number of hydrogen-bond donors (Lipinski definition) is 0. The van der Waals surface area contributed by atoms with Gasteiger partial charge in [-0.2, -0.15) is 13.2 Å². The zero-order valence-corrected chi connectivity index (χ0v) is 21.0. The minimum absolute atomic E-state index is 0.0153. The number of ether oxygens (including phenoxy) is 2. The molecule has 1 aromatic carbocycles. The van der Waals surface area contributed by atoms with E-state index in [9.17, 15) is 22.0 Å². The van der Waals surface area contributed by atoms with Crippen molar-refractivity contribution in [3.8, 4) is 17.0 Å². The maximum atomic E-state index is 14.0. The molecule has 0 unspecified atom stereocenters. The summed E-state index contributed by atoms with van der Waals surface area (Å²) in [5.74, 6) is -1.95. The van der Waals surface area contributed by atoms with E-state index in [1.54, 1.807) is 0 Å². The third kappa shape index (κ3) is 4.03. The van der Waals surface area contributed by atoms with Gasteiger partial charge in [0.15, 0.2) is 20.0 Å². The molecule has 186 valence electrons. The molecule has 1 fully saturated rings. The van der Waals surface area contributed by atoms with Gasteiger partial charge in [-0.25, -0.2) is 13.8 Å². The number of halogens is 5. The van der Waals surface area contributed by atoms with Crippen LogP contribution in [0.2, 0.25) is 18.1 Å². The number of alkyl halides is 3. The lowest BCUT2D eigenvalue weighted by Gasteiger charge is -2.38. The molecule has 0 spiro atoms. The van der Waals surface area contributed by atoms with E-state index < -0.39 is 43.8 Å². The molecule has 34 heavy (non-hydrogen) atoms. The fourth-order valence-electron chi connectivity index (χ4n) is 3.69. The molecule has 2 aromatic rings. The van der Waals surface area contributed by atoms with Gasteiger partial charge in [-0.15, -0.1) is 0 Å². The fraction of sp³-hybridized carbons (Fsp3) is 0.542. The maximum Gasteiger partial charge on any atom is 0.425 e. The minimum Gasteiger partial charge on any atom is -0.490 e. The van der Waals surface area contributed by atoms with Crippen molar-refractivity contribution in [1.29, 1.82) is 0 Å². The SMILES string of the molecule is CC(C)(C)[Si](C)(C)OC[C@@]1(C)COc2c1cc([C@]1(C(F)(F)F)CO1)nc2-c1ccc(F)c(F)c1. The van der Waals surface area contributed by atoms with Crippen LogP contribution in [0, 0.1) is 11.6 Å². The van der Waals surface area contributed by atoms with E-state index in [0.717, 1.165) is 12.1 Å². The first kappa shape index (κ1) is 25.1. The molecule has 0 N–H and O–H groups in total. The Balaban J connectivity index is 1.84. The third-order valence-electron chi connectivity index (χ3n) is 7.21. The lowest BCUT2D eigenvalue weighted by Crippen LogP contribution is -2.45. The van der Waals surface area contributed by atoms with Gasteiger partial charge in [0.1, 0.15) is 18.1 Å². The molecule has 3 heterocycles. The summed E-state index contributed by atoms with van der Waals surface area (Å²) < 4.78 is 86.4. The molecule has 0 amide bonds. The molecule has 2 aliphatic rings. The molecule has 2 aliphatic heterocycles. The van der Waals surface area contributed by atoms with Crippen LogP contribution in [0.25, 0.3) is 11.3 Å². The third-order valence-corrected chi connectivity index (χ3v) is 11.7. The number of benzene rings is 1. The summed E-state index contributed by atoms with van der Waals surface area (Å²) >= 11 is 0. The molecule has 0 saturated carbocycles. The zero-order valence-electron chi connectivity index (χ0n) is 20.0. The highest BCUT2D eigenvalue weighted by atomic mass is 28.4. The lowest BCUT2D eigenvalue weighted by molar-refractivity contribution is -0.188. The summed E-state index contributed by atoms with van der Waals surface area (Å²) in [5.41, 5.74) is -3.01. The second-order valence-electron chi connectivity index (χ2n) is 10.9. The standard InChI is InChI=1S/C24H28F5NO3Si/c1-21(2,3)34(5,6)33-12-22(4)11-31-20-15(22)10-18(23(13-32-23)24(27,28)29)30-19(20)14-7-8-16(25)17(26)9-14/h7-10H,11-13H2,1-6H3/t22-,23+/m1/s1. The summed E-state index contributed by atoms with van der Waals surface area (Å²) in [5, 5.41) is -0.0615. The molecule has 4 rings (SSSR count). The van der Waals surface area contributed by atoms with Crippen molar-refractivity contribution in [3.05, 3.63) is 47.2 Å². The molecular formula is C24H28F5NO3Si. The largest absolute Gasteiger partial charge is 0.490 e. The van der Waals surface area contributed by atoms with Gasteiger partial charge in [-0.3, -0.25) is 0 Å². The molecule has 0 bridgehead atoms. The molecule has 0 aliphatic carbocycles. The Morgan fingerprint density at radius 1 is 1.06 bits per heavy atom. The van der Waals surface area contributed by atoms with Crippen LogP contribution < -0.4 is 4.74 Å². The molecular weight excluding hydrogens is 473 g/mol. The average Bonchev–Trinajstić information content (AvgIpc) is 3.48. The van der Waals surface area contributed by atoms with E-state index in [0.29, 0.717) is 5.56 Å². The highest BCUT2D eigenvalue weighted by molar-refractivity contribution is 6.74. The van der Waals surface area contributed by atoms with Gasteiger partial charge in [0.25, 0.3) is 0 Å². The smallest absolute Gasteiger partial charge is 0.425 e. The summed E-state index contributed by atoms with van der Waals surface area (Å²) in [4.78, 5) is 4.21. The molecule has 1 aromatic heterocycles. The number of pyridine rings is 1. The number of aromatic nitrogens is 1. The highest BCUT2D eigenvalue weighted by Crippen LogP contribution is 2.54. The van der Waals surface area contributed by atoms with Crippen molar-refractivity contribution in [1.82, 2.24) is 4.98 Å². The van der Waals surface area contributed by atoms with E-state index >= 15 is 0 Å². The van der Waals surface area contributed by atoms with Gasteiger partial charge in [0.2, 0.25) is 5.60 Å². The van der Waals surface area contributed by atoms with Gasteiger partial charge in [0.05, 0.1) is 17.7 Å². The molecule has 0 radical (unpaired) electrons. The monoisotopic (exact) mass is 501 g/mol. The van der Waals surface area contributed by atoms with Crippen molar-refractivity contribution in [2.75, 3.05) is 19.8 Å². The van der Waals surface area contributed by atoms with Crippen LogP contribution in [0.15, 0.2) is 24.3 Å². The Bertz CT molecular complexity index is 1120. The van der Waals surface area contributed by atoms with Crippen LogP contribution in [-0.4, -0.2) is 39.3 Å². The van der Waals surface area contributed by atoms with Crippen LogP contribution in [0.1, 0.15) is 39.0 Å². The predicted molar refractivity (Wildman–Crippen MR) is 119 cm³/mol. The van der Waals surface area contributed by atoms with Gasteiger partial charge in [-0.05, 0) is 49.3 Å². The van der Waals surface area contributed by atoms with E-state index in [-0.39, 0.29) is 41.0 Å². The number of epoxide rings is 1. The van der Waals surface area contributed by atoms with E-state index in [1.165, 1.54) is 12.1 Å². The van der Waals surface area contributed by atoms with Gasteiger partial charge < -0.3 is 13.9 Å². The van der Waals surface area contributed by atoms with Crippen molar-refractivity contribution in [3.63, 3.8) is 0 Å². The van der Waals surface area contributed by atoms with Gasteiger partial charge in [-0.1, -0.05) is 20.8 Å². The lowest BCUT2D eigenvalue weighted by atomic mass is 9.84. The highest BCUT2D eigenvalue weighted by Gasteiger charge is 2.68. The Morgan fingerprint density at radius 3 is 2.24 bits per heavy atom. The quantitative estimate of drug-likeness (QED) is 0.267. The summed E-state index contributed by atoms with van der Waals surface area (Å²) in [7, 11) is -2.17. The normalized spacial score (nSPS) is 24.7. The first-order valence-electron chi connectivity index (χ1n) is 11.0. The Morgan fingerprint density at radius 2 is 1.71 bits per heavy atom. The van der Waals surface area contributed by atoms with Gasteiger partial charge in [0, 0.05) is 17.7 Å². The summed E-state index contributed by atoms with van der Waals surface area (Å²) in [6.07, 6.45) is -4.69. The number of rotatable bonds is 5. The average molecular weight is 502 g/mol. The molecule has 1 saturated heterocycles. The van der Waals surface area contributed by atoms with E-state index in [2.05, 4.69) is 38.8 Å². The van der Waals surface area contributed by atoms with Crippen molar-refractivity contribution >= 4 is 8.32 Å². The van der Waals surface area contributed by atoms with Crippen LogP contribution in [-0.2, 0) is 20.2 Å². The number of nitrogens with zero attached hydrogens (tertiary/aromatic N) is 1. The van der Waals surface area contributed by atoms with Crippen molar-refractivity contribution < 1.29 is 35.9 Å². The first-order valence-corrected chi connectivity index (χ1v) is 13.9. The Kier molecular flexibility index (Phi) is 5.70. The van der Waals surface area contributed by atoms with Crippen LogP contribution >= 0.6 is 0 Å². The summed E-state index contributed by atoms with van der Waals surface area (Å²) in [6.45, 7) is 12.2. The first-order chi connectivity index (χ1) is 15.5. The Hall–Kier alpha value is -2.04. The minimum atomic E-state index is -4.69. The maximum absolute atomic E-state index is 14.0. The topological polar surface area (TPSA) is 43.9 Å². The van der Waals surface area contributed by atoms with Crippen LogP contribution in [0.4, 0.5) is 22.0 Å². The van der Waals surface area contributed by atoms with Crippen molar-refractivity contribution in [2.24, 2.45) is 0 Å². The number of fused-ring (bicyclic) bond motifs is 1. The molecule has 2 atom stereocenters. The second kappa shape index (κ2) is 7.73. The second-order valence-corrected chi connectivity index (χ2v) is 15.7. The van der Waals surface area contributed by atoms with Crippen LogP contribution in [0.3, 0.4) is 0 Å².